The van der Waals surface area contributed by atoms with Crippen LogP contribution in [-0.2, 0) is 9.84 Å². The van der Waals surface area contributed by atoms with Crippen molar-refractivity contribution < 1.29 is 12.8 Å². The van der Waals surface area contributed by atoms with Crippen molar-refractivity contribution in [1.82, 2.24) is 15.3 Å². The summed E-state index contributed by atoms with van der Waals surface area (Å²) in [7, 11) is -3.58. The molecule has 10 heteroatoms. The molecule has 0 saturated carbocycles. The van der Waals surface area contributed by atoms with Crippen LogP contribution < -0.4 is 15.5 Å². The van der Waals surface area contributed by atoms with Gasteiger partial charge < -0.3 is 15.5 Å². The van der Waals surface area contributed by atoms with E-state index in [1.54, 1.807) is 6.07 Å². The molecule has 138 valence electrons. The predicted octanol–water partition coefficient (Wildman–Crippen LogP) is 1.83. The second-order valence-electron chi connectivity index (χ2n) is 6.88. The van der Waals surface area contributed by atoms with Gasteiger partial charge in [0, 0.05) is 49.6 Å². The maximum atomic E-state index is 13.3. The fraction of sp³-hybridized carbons (Fsp3) is 0.375. The van der Waals surface area contributed by atoms with Crippen LogP contribution in [0.15, 0.2) is 29.4 Å². The van der Waals surface area contributed by atoms with Crippen molar-refractivity contribution in [1.29, 1.82) is 0 Å². The van der Waals surface area contributed by atoms with Gasteiger partial charge in [-0.3, -0.25) is 0 Å². The quantitative estimate of drug-likeness (QED) is 0.761. The van der Waals surface area contributed by atoms with E-state index >= 15 is 0 Å². The third kappa shape index (κ3) is 3.22. The average Bonchev–Trinajstić information content (AvgIpc) is 2.47. The number of sulfone groups is 1. The third-order valence-corrected chi connectivity index (χ3v) is 5.73. The zero-order chi connectivity index (χ0) is 18.5. The van der Waals surface area contributed by atoms with Crippen LogP contribution in [-0.4, -0.2) is 50.8 Å². The van der Waals surface area contributed by atoms with Gasteiger partial charge in [-0.1, -0.05) is 11.6 Å². The number of rotatable bonds is 4. The molecule has 0 unspecified atom stereocenters. The van der Waals surface area contributed by atoms with Gasteiger partial charge in [-0.05, 0) is 18.2 Å². The lowest BCUT2D eigenvalue weighted by molar-refractivity contribution is 0.120. The lowest BCUT2D eigenvalue weighted by Crippen LogP contribution is -2.71. The molecule has 0 amide bonds. The molecule has 4 rings (SSSR count). The molecule has 0 atom stereocenters. The molecule has 26 heavy (non-hydrogen) atoms. The van der Waals surface area contributed by atoms with Gasteiger partial charge in [0.05, 0.1) is 5.02 Å². The second kappa shape index (κ2) is 6.04. The Balaban J connectivity index is 1.64. The van der Waals surface area contributed by atoms with E-state index in [9.17, 15) is 12.8 Å². The molecule has 1 spiro atoms. The Hall–Kier alpha value is -1.97. The first kappa shape index (κ1) is 17.4. The average molecular weight is 398 g/mol. The Morgan fingerprint density at radius 1 is 1.27 bits per heavy atom. The topological polar surface area (TPSA) is 87.2 Å². The van der Waals surface area contributed by atoms with Crippen molar-refractivity contribution in [2.75, 3.05) is 42.7 Å². The van der Waals surface area contributed by atoms with E-state index in [1.165, 1.54) is 18.2 Å². The number of anilines is 3. The van der Waals surface area contributed by atoms with Gasteiger partial charge in [0.1, 0.15) is 17.5 Å². The number of halogens is 2. The molecule has 0 aliphatic carbocycles. The molecule has 2 aliphatic rings. The minimum atomic E-state index is -3.58. The van der Waals surface area contributed by atoms with Crippen molar-refractivity contribution in [2.45, 2.75) is 5.16 Å². The number of benzene rings is 1. The van der Waals surface area contributed by atoms with Gasteiger partial charge in [-0.15, -0.1) is 0 Å². The highest BCUT2D eigenvalue weighted by Gasteiger charge is 2.48. The summed E-state index contributed by atoms with van der Waals surface area (Å²) in [6.45, 7) is 3.57. The number of nitrogens with zero attached hydrogens (tertiary/aromatic N) is 3. The van der Waals surface area contributed by atoms with Crippen molar-refractivity contribution in [2.24, 2.45) is 5.41 Å². The monoisotopic (exact) mass is 397 g/mol. The van der Waals surface area contributed by atoms with Crippen molar-refractivity contribution >= 4 is 38.8 Å². The second-order valence-corrected chi connectivity index (χ2v) is 9.20. The zero-order valence-electron chi connectivity index (χ0n) is 14.0. The first-order valence-corrected chi connectivity index (χ1v) is 10.3. The first-order valence-electron chi connectivity index (χ1n) is 8.01. The molecular weight excluding hydrogens is 381 g/mol. The van der Waals surface area contributed by atoms with Crippen molar-refractivity contribution in [3.05, 3.63) is 35.1 Å². The molecule has 2 aromatic rings. The molecule has 0 radical (unpaired) electrons. The summed E-state index contributed by atoms with van der Waals surface area (Å²) in [5, 5.41) is 5.94. The fourth-order valence-corrected chi connectivity index (χ4v) is 3.86. The Labute approximate surface area is 155 Å². The van der Waals surface area contributed by atoms with Crippen LogP contribution in [0.25, 0.3) is 0 Å². The van der Waals surface area contributed by atoms with Crippen LogP contribution in [0.4, 0.5) is 21.7 Å². The van der Waals surface area contributed by atoms with Gasteiger partial charge in [0.2, 0.25) is 9.84 Å². The standard InChI is InChI=1S/C16H17ClFN5O2S/c1-26(24,25)15-21-13(20-10-2-3-12(18)11(17)4-10)5-14(22-15)23-8-16(9-23)6-19-7-16/h2-5,19H,6-9H2,1H3,(H,20,21,22). The first-order chi connectivity index (χ1) is 12.2. The van der Waals surface area contributed by atoms with E-state index < -0.39 is 15.7 Å². The van der Waals surface area contributed by atoms with E-state index in [4.69, 9.17) is 11.6 Å². The number of hydrogen-bond donors (Lipinski definition) is 2. The lowest BCUT2D eigenvalue weighted by atomic mass is 9.74. The summed E-state index contributed by atoms with van der Waals surface area (Å²) in [6.07, 6.45) is 1.07. The molecule has 7 nitrogen and oxygen atoms in total. The highest BCUT2D eigenvalue weighted by molar-refractivity contribution is 7.90. The molecule has 1 aromatic carbocycles. The van der Waals surface area contributed by atoms with E-state index in [0.717, 1.165) is 32.4 Å². The Morgan fingerprint density at radius 2 is 2.00 bits per heavy atom. The molecule has 2 N–H and O–H groups in total. The van der Waals surface area contributed by atoms with Crippen molar-refractivity contribution in [3.8, 4) is 0 Å². The maximum Gasteiger partial charge on any atom is 0.250 e. The van der Waals surface area contributed by atoms with Crippen LogP contribution in [0, 0.1) is 11.2 Å². The summed E-state index contributed by atoms with van der Waals surface area (Å²) in [6, 6.07) is 5.83. The van der Waals surface area contributed by atoms with E-state index in [-0.39, 0.29) is 15.6 Å². The Bertz CT molecular complexity index is 973. The summed E-state index contributed by atoms with van der Waals surface area (Å²) in [5.41, 5.74) is 0.776. The number of aromatic nitrogens is 2. The zero-order valence-corrected chi connectivity index (χ0v) is 15.5. The Morgan fingerprint density at radius 3 is 2.58 bits per heavy atom. The smallest absolute Gasteiger partial charge is 0.250 e. The maximum absolute atomic E-state index is 13.3. The molecule has 2 aliphatic heterocycles. The van der Waals surface area contributed by atoms with Crippen LogP contribution in [0.1, 0.15) is 0 Å². The van der Waals surface area contributed by atoms with Gasteiger partial charge in [-0.25, -0.2) is 22.8 Å². The van der Waals surface area contributed by atoms with E-state index in [2.05, 4.69) is 20.6 Å². The van der Waals surface area contributed by atoms with Crippen LogP contribution >= 0.6 is 11.6 Å². The number of hydrogen-bond acceptors (Lipinski definition) is 7. The van der Waals surface area contributed by atoms with E-state index in [0.29, 0.717) is 17.3 Å². The van der Waals surface area contributed by atoms with Gasteiger partial charge in [-0.2, -0.15) is 0 Å². The van der Waals surface area contributed by atoms with Gasteiger partial charge in [0.15, 0.2) is 0 Å². The molecule has 1 aromatic heterocycles. The number of nitrogens with one attached hydrogen (secondary N) is 2. The van der Waals surface area contributed by atoms with Crippen LogP contribution in [0.5, 0.6) is 0 Å². The molecule has 2 fully saturated rings. The van der Waals surface area contributed by atoms with Gasteiger partial charge in [0.25, 0.3) is 5.16 Å². The summed E-state index contributed by atoms with van der Waals surface area (Å²) in [5.74, 6) is 0.330. The van der Waals surface area contributed by atoms with Gasteiger partial charge >= 0.3 is 0 Å². The highest BCUT2D eigenvalue weighted by atomic mass is 35.5. The van der Waals surface area contributed by atoms with E-state index in [1.807, 2.05) is 4.90 Å². The highest BCUT2D eigenvalue weighted by Crippen LogP contribution is 2.37. The molecule has 0 bridgehead atoms. The fourth-order valence-electron chi connectivity index (χ4n) is 3.15. The van der Waals surface area contributed by atoms with Crippen molar-refractivity contribution in [3.63, 3.8) is 0 Å². The lowest BCUT2D eigenvalue weighted by Gasteiger charge is -2.56. The Kier molecular flexibility index (Phi) is 4.05. The normalized spacial score (nSPS) is 18.3. The summed E-state index contributed by atoms with van der Waals surface area (Å²) < 4.78 is 37.2. The predicted molar refractivity (Wildman–Crippen MR) is 97.4 cm³/mol. The molecule has 2 saturated heterocycles. The third-order valence-electron chi connectivity index (χ3n) is 4.59. The minimum Gasteiger partial charge on any atom is -0.355 e. The molecular formula is C16H17ClFN5O2S. The largest absolute Gasteiger partial charge is 0.355 e. The minimum absolute atomic E-state index is 0.0326. The molecule has 3 heterocycles. The van der Waals surface area contributed by atoms with Crippen LogP contribution in [0.3, 0.4) is 0 Å². The SMILES string of the molecule is CS(=O)(=O)c1nc(Nc2ccc(F)c(Cl)c2)cc(N2CC3(CNC3)C2)n1. The van der Waals surface area contributed by atoms with Crippen LogP contribution in [0.2, 0.25) is 5.02 Å². The summed E-state index contributed by atoms with van der Waals surface area (Å²) >= 11 is 5.79. The summed E-state index contributed by atoms with van der Waals surface area (Å²) in [4.78, 5) is 10.3.